The van der Waals surface area contributed by atoms with Gasteiger partial charge in [-0.2, -0.15) is 0 Å². The van der Waals surface area contributed by atoms with Crippen LogP contribution < -0.4 is 14.8 Å². The van der Waals surface area contributed by atoms with Gasteiger partial charge in [0.2, 0.25) is 5.91 Å². The zero-order valence-corrected chi connectivity index (χ0v) is 18.7. The Bertz CT molecular complexity index is 1050. The number of hydrogen-bond donors (Lipinski definition) is 1. The maximum Gasteiger partial charge on any atom is 0.234 e. The zero-order valence-electron chi connectivity index (χ0n) is 17.9. The maximum atomic E-state index is 12.4. The monoisotopic (exact) mass is 438 g/mol. The average molecular weight is 439 g/mol. The Balaban J connectivity index is 1.70. The van der Waals surface area contributed by atoms with Crippen LogP contribution in [0.4, 0.5) is 5.69 Å². The van der Waals surface area contributed by atoms with Gasteiger partial charge in [-0.05, 0) is 37.6 Å². The first kappa shape index (κ1) is 22.4. The Morgan fingerprint density at radius 1 is 1.19 bits per heavy atom. The molecule has 7 nitrogen and oxygen atoms in total. The molecule has 0 radical (unpaired) electrons. The molecule has 1 amide bonds. The molecule has 0 bridgehead atoms. The van der Waals surface area contributed by atoms with Gasteiger partial charge in [0.25, 0.3) is 0 Å². The average Bonchev–Trinajstić information content (AvgIpc) is 3.17. The van der Waals surface area contributed by atoms with Gasteiger partial charge in [0.1, 0.15) is 0 Å². The standard InChI is InChI=1S/C23H26N4O3S/c1-5-14-27-22(17(3)30-20-13-9-8-12-19(20)29-4)25-26-23(27)31-15-21(28)24-18-11-7-6-10-16(18)2/h5-13,17H,1,14-15H2,2-4H3,(H,24,28). The van der Waals surface area contributed by atoms with Gasteiger partial charge >= 0.3 is 0 Å². The molecule has 162 valence electrons. The molecule has 0 spiro atoms. The van der Waals surface area contributed by atoms with Crippen LogP contribution in [0.3, 0.4) is 0 Å². The number of benzene rings is 2. The summed E-state index contributed by atoms with van der Waals surface area (Å²) in [6.45, 7) is 8.18. The molecule has 31 heavy (non-hydrogen) atoms. The molecule has 8 heteroatoms. The normalized spacial score (nSPS) is 11.6. The number of rotatable bonds is 10. The van der Waals surface area contributed by atoms with Gasteiger partial charge in [-0.25, -0.2) is 0 Å². The summed E-state index contributed by atoms with van der Waals surface area (Å²) in [4.78, 5) is 12.4. The summed E-state index contributed by atoms with van der Waals surface area (Å²) in [6.07, 6.45) is 1.39. The van der Waals surface area contributed by atoms with E-state index in [9.17, 15) is 4.79 Å². The van der Waals surface area contributed by atoms with E-state index in [1.54, 1.807) is 13.2 Å². The van der Waals surface area contributed by atoms with Gasteiger partial charge in [0, 0.05) is 12.2 Å². The molecule has 0 aliphatic heterocycles. The quantitative estimate of drug-likeness (QED) is 0.367. The summed E-state index contributed by atoms with van der Waals surface area (Å²) in [6, 6.07) is 15.1. The number of thioether (sulfide) groups is 1. The Morgan fingerprint density at radius 2 is 1.90 bits per heavy atom. The third-order valence-corrected chi connectivity index (χ3v) is 5.51. The van der Waals surface area contributed by atoms with E-state index in [1.807, 2.05) is 66.9 Å². The van der Waals surface area contributed by atoms with Crippen LogP contribution in [0.5, 0.6) is 11.5 Å². The van der Waals surface area contributed by atoms with Gasteiger partial charge in [0.05, 0.1) is 12.9 Å². The molecule has 0 aliphatic rings. The first-order valence-electron chi connectivity index (χ1n) is 9.85. The largest absolute Gasteiger partial charge is 0.493 e. The summed E-state index contributed by atoms with van der Waals surface area (Å²) < 4.78 is 13.3. The number of carbonyl (C=O) groups is 1. The first-order valence-corrected chi connectivity index (χ1v) is 10.8. The van der Waals surface area contributed by atoms with Crippen molar-refractivity contribution in [1.29, 1.82) is 0 Å². The second kappa shape index (κ2) is 10.7. The lowest BCUT2D eigenvalue weighted by Crippen LogP contribution is -2.16. The molecule has 1 atom stereocenters. The van der Waals surface area contributed by atoms with E-state index in [0.717, 1.165) is 11.3 Å². The van der Waals surface area contributed by atoms with E-state index in [0.29, 0.717) is 29.0 Å². The molecular formula is C23H26N4O3S. The Kier molecular flexibility index (Phi) is 7.72. The number of anilines is 1. The smallest absolute Gasteiger partial charge is 0.234 e. The number of amides is 1. The molecule has 1 aromatic heterocycles. The van der Waals surface area contributed by atoms with Crippen LogP contribution in [-0.2, 0) is 11.3 Å². The van der Waals surface area contributed by atoms with Crippen molar-refractivity contribution >= 4 is 23.4 Å². The van der Waals surface area contributed by atoms with E-state index in [-0.39, 0.29) is 17.8 Å². The minimum absolute atomic E-state index is 0.104. The van der Waals surface area contributed by atoms with Crippen molar-refractivity contribution in [1.82, 2.24) is 14.8 Å². The second-order valence-electron chi connectivity index (χ2n) is 6.80. The number of methoxy groups -OCH3 is 1. The molecule has 1 N–H and O–H groups in total. The molecular weight excluding hydrogens is 412 g/mol. The molecule has 0 saturated carbocycles. The molecule has 1 heterocycles. The minimum Gasteiger partial charge on any atom is -0.493 e. The predicted molar refractivity (Wildman–Crippen MR) is 123 cm³/mol. The SMILES string of the molecule is C=CCn1c(SCC(=O)Nc2ccccc2C)nnc1C(C)Oc1ccccc1OC. The summed E-state index contributed by atoms with van der Waals surface area (Å²) in [7, 11) is 1.60. The van der Waals surface area contributed by atoms with Crippen molar-refractivity contribution in [2.75, 3.05) is 18.2 Å². The van der Waals surface area contributed by atoms with Crippen LogP contribution in [0, 0.1) is 6.92 Å². The lowest BCUT2D eigenvalue weighted by atomic mass is 10.2. The van der Waals surface area contributed by atoms with Gasteiger partial charge < -0.3 is 14.8 Å². The van der Waals surface area contributed by atoms with Crippen LogP contribution in [-0.4, -0.2) is 33.5 Å². The lowest BCUT2D eigenvalue weighted by Gasteiger charge is -2.17. The third-order valence-electron chi connectivity index (χ3n) is 4.55. The van der Waals surface area contributed by atoms with Gasteiger partial charge in [-0.1, -0.05) is 48.2 Å². The van der Waals surface area contributed by atoms with Crippen molar-refractivity contribution in [3.63, 3.8) is 0 Å². The number of ether oxygens (including phenoxy) is 2. The first-order chi connectivity index (χ1) is 15.0. The summed E-state index contributed by atoms with van der Waals surface area (Å²) in [5, 5.41) is 12.1. The van der Waals surface area contributed by atoms with Crippen molar-refractivity contribution in [2.45, 2.75) is 31.7 Å². The Labute approximate surface area is 186 Å². The Hall–Kier alpha value is -3.26. The molecule has 1 unspecified atom stereocenters. The summed E-state index contributed by atoms with van der Waals surface area (Å²) in [5.74, 6) is 2.02. The van der Waals surface area contributed by atoms with Gasteiger partial charge in [-0.15, -0.1) is 16.8 Å². The number of carbonyl (C=O) groups excluding carboxylic acids is 1. The summed E-state index contributed by atoms with van der Waals surface area (Å²) >= 11 is 1.32. The maximum absolute atomic E-state index is 12.4. The molecule has 3 rings (SSSR count). The lowest BCUT2D eigenvalue weighted by molar-refractivity contribution is -0.113. The van der Waals surface area contributed by atoms with E-state index in [4.69, 9.17) is 9.47 Å². The molecule has 3 aromatic rings. The van der Waals surface area contributed by atoms with Crippen LogP contribution in [0.15, 0.2) is 66.3 Å². The topological polar surface area (TPSA) is 78.3 Å². The zero-order chi connectivity index (χ0) is 22.2. The van der Waals surface area contributed by atoms with Crippen LogP contribution >= 0.6 is 11.8 Å². The molecule has 2 aromatic carbocycles. The van der Waals surface area contributed by atoms with Gasteiger partial charge in [-0.3, -0.25) is 9.36 Å². The third kappa shape index (κ3) is 5.67. The highest BCUT2D eigenvalue weighted by atomic mass is 32.2. The molecule has 0 saturated heterocycles. The number of para-hydroxylation sites is 3. The Morgan fingerprint density at radius 3 is 2.61 bits per heavy atom. The number of allylic oxidation sites excluding steroid dienone is 1. The number of nitrogens with one attached hydrogen (secondary N) is 1. The number of nitrogens with zero attached hydrogens (tertiary/aromatic N) is 3. The molecule has 0 fully saturated rings. The van der Waals surface area contributed by atoms with Crippen molar-refractivity contribution in [3.8, 4) is 11.5 Å². The van der Waals surface area contributed by atoms with Gasteiger partial charge in [0.15, 0.2) is 28.6 Å². The van der Waals surface area contributed by atoms with Crippen molar-refractivity contribution in [2.24, 2.45) is 0 Å². The highest BCUT2D eigenvalue weighted by molar-refractivity contribution is 7.99. The minimum atomic E-state index is -0.376. The number of aromatic nitrogens is 3. The number of aryl methyl sites for hydroxylation is 1. The van der Waals surface area contributed by atoms with Crippen LogP contribution in [0.25, 0.3) is 0 Å². The highest BCUT2D eigenvalue weighted by Gasteiger charge is 2.21. The van der Waals surface area contributed by atoms with E-state index in [2.05, 4.69) is 22.1 Å². The number of hydrogen-bond acceptors (Lipinski definition) is 6. The fraction of sp³-hybridized carbons (Fsp3) is 0.261. The van der Waals surface area contributed by atoms with E-state index in [1.165, 1.54) is 11.8 Å². The van der Waals surface area contributed by atoms with E-state index < -0.39 is 0 Å². The second-order valence-corrected chi connectivity index (χ2v) is 7.75. The van der Waals surface area contributed by atoms with E-state index >= 15 is 0 Å². The predicted octanol–water partition coefficient (Wildman–Crippen LogP) is 4.65. The fourth-order valence-corrected chi connectivity index (χ4v) is 3.75. The van der Waals surface area contributed by atoms with Crippen LogP contribution in [0.2, 0.25) is 0 Å². The molecule has 0 aliphatic carbocycles. The summed E-state index contributed by atoms with van der Waals surface area (Å²) in [5.41, 5.74) is 1.82. The van der Waals surface area contributed by atoms with Crippen LogP contribution in [0.1, 0.15) is 24.4 Å². The van der Waals surface area contributed by atoms with Crippen molar-refractivity contribution in [3.05, 3.63) is 72.6 Å². The van der Waals surface area contributed by atoms with Crippen molar-refractivity contribution < 1.29 is 14.3 Å². The highest BCUT2D eigenvalue weighted by Crippen LogP contribution is 2.31. The fourth-order valence-electron chi connectivity index (χ4n) is 3.00.